The Morgan fingerprint density at radius 3 is 2.60 bits per heavy atom. The van der Waals surface area contributed by atoms with Crippen molar-refractivity contribution in [3.05, 3.63) is 54.3 Å². The fourth-order valence-corrected chi connectivity index (χ4v) is 1.38. The third kappa shape index (κ3) is 3.17. The Labute approximate surface area is 89.8 Å². The van der Waals surface area contributed by atoms with Gasteiger partial charge in [0.25, 0.3) is 0 Å². The maximum absolute atomic E-state index is 5.44. The van der Waals surface area contributed by atoms with E-state index in [0.717, 1.165) is 24.4 Å². The molecule has 15 heavy (non-hydrogen) atoms. The van der Waals surface area contributed by atoms with E-state index in [0.29, 0.717) is 0 Å². The molecule has 0 saturated carbocycles. The van der Waals surface area contributed by atoms with Crippen molar-refractivity contribution in [1.29, 1.82) is 0 Å². The summed E-state index contributed by atoms with van der Waals surface area (Å²) < 4.78 is 10.9. The highest BCUT2D eigenvalue weighted by atomic mass is 16.7. The normalized spacial score (nSPS) is 14.5. The lowest BCUT2D eigenvalue weighted by Gasteiger charge is -2.10. The molecule has 1 aliphatic rings. The summed E-state index contributed by atoms with van der Waals surface area (Å²) >= 11 is 0. The van der Waals surface area contributed by atoms with Crippen LogP contribution in [0.25, 0.3) is 0 Å². The summed E-state index contributed by atoms with van der Waals surface area (Å²) in [4.78, 5) is 0. The number of hydrogen-bond donors (Lipinski definition) is 0. The first-order valence-corrected chi connectivity index (χ1v) is 5.12. The van der Waals surface area contributed by atoms with Crippen molar-refractivity contribution >= 4 is 0 Å². The molecule has 0 amide bonds. The van der Waals surface area contributed by atoms with Gasteiger partial charge in [0.05, 0.1) is 0 Å². The van der Waals surface area contributed by atoms with E-state index in [2.05, 4.69) is 12.2 Å². The third-order valence-corrected chi connectivity index (χ3v) is 2.16. The molecule has 0 radical (unpaired) electrons. The molecule has 0 atom stereocenters. The van der Waals surface area contributed by atoms with Crippen LogP contribution >= 0.6 is 0 Å². The Hall–Kier alpha value is -1.70. The molecular formula is C13H14O2. The number of benzene rings is 1. The second kappa shape index (κ2) is 5.25. The predicted molar refractivity (Wildman–Crippen MR) is 59.5 cm³/mol. The van der Waals surface area contributed by atoms with Gasteiger partial charge in [-0.15, -0.1) is 0 Å². The zero-order valence-electron chi connectivity index (χ0n) is 8.56. The van der Waals surface area contributed by atoms with Gasteiger partial charge < -0.3 is 9.47 Å². The summed E-state index contributed by atoms with van der Waals surface area (Å²) in [6.45, 7) is 0.264. The van der Waals surface area contributed by atoms with E-state index < -0.39 is 0 Å². The molecule has 2 rings (SSSR count). The van der Waals surface area contributed by atoms with Gasteiger partial charge in [-0.25, -0.2) is 0 Å². The maximum atomic E-state index is 5.44. The van der Waals surface area contributed by atoms with E-state index in [1.165, 1.54) is 0 Å². The van der Waals surface area contributed by atoms with Crippen LogP contribution in [0.1, 0.15) is 12.8 Å². The average molecular weight is 202 g/mol. The van der Waals surface area contributed by atoms with Crippen LogP contribution in [0.4, 0.5) is 0 Å². The number of para-hydroxylation sites is 1. The van der Waals surface area contributed by atoms with E-state index in [1.807, 2.05) is 36.4 Å². The molecule has 0 bridgehead atoms. The molecule has 0 N–H and O–H groups in total. The summed E-state index contributed by atoms with van der Waals surface area (Å²) in [5, 5.41) is 0. The van der Waals surface area contributed by atoms with E-state index in [9.17, 15) is 0 Å². The molecule has 0 aliphatic heterocycles. The topological polar surface area (TPSA) is 18.5 Å². The fraction of sp³-hybridized carbons (Fsp3) is 0.231. The Bertz CT molecular complexity index is 352. The Balaban J connectivity index is 1.75. The van der Waals surface area contributed by atoms with Gasteiger partial charge in [0.2, 0.25) is 6.79 Å². The van der Waals surface area contributed by atoms with Gasteiger partial charge in [0.15, 0.2) is 0 Å². The molecule has 1 aromatic carbocycles. The van der Waals surface area contributed by atoms with Crippen molar-refractivity contribution in [2.45, 2.75) is 12.8 Å². The largest absolute Gasteiger partial charge is 0.458 e. The van der Waals surface area contributed by atoms with Crippen molar-refractivity contribution < 1.29 is 9.47 Å². The van der Waals surface area contributed by atoms with Gasteiger partial charge in [0, 0.05) is 0 Å². The summed E-state index contributed by atoms with van der Waals surface area (Å²) in [6, 6.07) is 9.66. The van der Waals surface area contributed by atoms with Crippen molar-refractivity contribution in [3.63, 3.8) is 0 Å². The van der Waals surface area contributed by atoms with Crippen LogP contribution < -0.4 is 4.74 Å². The predicted octanol–water partition coefficient (Wildman–Crippen LogP) is 3.27. The zero-order chi connectivity index (χ0) is 10.3. The lowest BCUT2D eigenvalue weighted by Crippen LogP contribution is -2.02. The van der Waals surface area contributed by atoms with Crippen LogP contribution in [0.15, 0.2) is 54.3 Å². The van der Waals surface area contributed by atoms with Gasteiger partial charge in [-0.3, -0.25) is 0 Å². The lowest BCUT2D eigenvalue weighted by atomic mass is 10.2. The van der Waals surface area contributed by atoms with E-state index in [1.54, 1.807) is 0 Å². The lowest BCUT2D eigenvalue weighted by molar-refractivity contribution is 0.0663. The summed E-state index contributed by atoms with van der Waals surface area (Å²) in [5.41, 5.74) is 0. The van der Waals surface area contributed by atoms with Gasteiger partial charge >= 0.3 is 0 Å². The van der Waals surface area contributed by atoms with E-state index in [-0.39, 0.29) is 6.79 Å². The van der Waals surface area contributed by atoms with Crippen molar-refractivity contribution in [1.82, 2.24) is 0 Å². The minimum atomic E-state index is 0.264. The highest BCUT2D eigenvalue weighted by molar-refractivity contribution is 5.21. The summed E-state index contributed by atoms with van der Waals surface area (Å²) in [7, 11) is 0. The minimum absolute atomic E-state index is 0.264. The quantitative estimate of drug-likeness (QED) is 0.697. The number of rotatable bonds is 4. The molecule has 2 heteroatoms. The molecule has 0 fully saturated rings. The zero-order valence-corrected chi connectivity index (χ0v) is 8.56. The summed E-state index contributed by atoms with van der Waals surface area (Å²) in [5.74, 6) is 1.73. The Morgan fingerprint density at radius 1 is 1.00 bits per heavy atom. The van der Waals surface area contributed by atoms with Gasteiger partial charge in [-0.1, -0.05) is 24.3 Å². The first-order valence-electron chi connectivity index (χ1n) is 5.12. The SMILES string of the molecule is C1=CC(OCOc2ccccc2)=CCC1. The molecule has 0 heterocycles. The Morgan fingerprint density at radius 2 is 1.87 bits per heavy atom. The van der Waals surface area contributed by atoms with Crippen molar-refractivity contribution in [2.24, 2.45) is 0 Å². The van der Waals surface area contributed by atoms with E-state index in [4.69, 9.17) is 9.47 Å². The van der Waals surface area contributed by atoms with Crippen LogP contribution in [0.3, 0.4) is 0 Å². The monoisotopic (exact) mass is 202 g/mol. The second-order valence-electron chi connectivity index (χ2n) is 3.31. The van der Waals surface area contributed by atoms with E-state index >= 15 is 0 Å². The third-order valence-electron chi connectivity index (χ3n) is 2.16. The smallest absolute Gasteiger partial charge is 0.230 e. The van der Waals surface area contributed by atoms with Crippen LogP contribution in [0.5, 0.6) is 5.75 Å². The first-order chi connectivity index (χ1) is 7.45. The van der Waals surface area contributed by atoms with Crippen molar-refractivity contribution in [3.8, 4) is 5.75 Å². The molecule has 0 unspecified atom stereocenters. The van der Waals surface area contributed by atoms with Crippen LogP contribution in [-0.4, -0.2) is 6.79 Å². The molecule has 1 aliphatic carbocycles. The molecule has 1 aromatic rings. The number of hydrogen-bond acceptors (Lipinski definition) is 2. The second-order valence-corrected chi connectivity index (χ2v) is 3.31. The fourth-order valence-electron chi connectivity index (χ4n) is 1.38. The van der Waals surface area contributed by atoms with Gasteiger partial charge in [-0.2, -0.15) is 0 Å². The number of ether oxygens (including phenoxy) is 2. The summed E-state index contributed by atoms with van der Waals surface area (Å²) in [6.07, 6.45) is 8.33. The van der Waals surface area contributed by atoms with Crippen molar-refractivity contribution in [2.75, 3.05) is 6.79 Å². The Kier molecular flexibility index (Phi) is 3.44. The first kappa shape index (κ1) is 9.84. The molecule has 2 nitrogen and oxygen atoms in total. The van der Waals surface area contributed by atoms with Gasteiger partial charge in [0.1, 0.15) is 11.5 Å². The average Bonchev–Trinajstić information content (AvgIpc) is 2.32. The highest BCUT2D eigenvalue weighted by Gasteiger charge is 1.98. The maximum Gasteiger partial charge on any atom is 0.230 e. The molecule has 0 aromatic heterocycles. The van der Waals surface area contributed by atoms with Gasteiger partial charge in [-0.05, 0) is 37.1 Å². The molecule has 0 spiro atoms. The molecule has 0 saturated heterocycles. The van der Waals surface area contributed by atoms with Crippen LogP contribution in [0, 0.1) is 0 Å². The highest BCUT2D eigenvalue weighted by Crippen LogP contribution is 2.12. The standard InChI is InChI=1S/C13H14O2/c1-3-7-12(8-4-1)14-11-15-13-9-5-2-6-10-13/h1,3-5,7-10H,2,6,11H2. The molecular weight excluding hydrogens is 188 g/mol. The number of allylic oxidation sites excluding steroid dienone is 3. The molecule has 78 valence electrons. The van der Waals surface area contributed by atoms with Crippen LogP contribution in [-0.2, 0) is 4.74 Å². The van der Waals surface area contributed by atoms with Crippen LogP contribution in [0.2, 0.25) is 0 Å². The minimum Gasteiger partial charge on any atom is -0.458 e.